The Morgan fingerprint density at radius 1 is 0.960 bits per heavy atom. The molecule has 3 heterocycles. The molecular formula is C19H13N5O. The number of rotatable bonds is 3. The zero-order valence-corrected chi connectivity index (χ0v) is 13.2. The van der Waals surface area contributed by atoms with Gasteiger partial charge in [-0.25, -0.2) is 9.20 Å². The van der Waals surface area contributed by atoms with E-state index in [4.69, 9.17) is 5.26 Å². The Bertz CT molecular complexity index is 1150. The molecule has 25 heavy (non-hydrogen) atoms. The van der Waals surface area contributed by atoms with Crippen molar-refractivity contribution < 1.29 is 0 Å². The molecule has 0 spiro atoms. The minimum absolute atomic E-state index is 0.0907. The van der Waals surface area contributed by atoms with Crippen LogP contribution in [0.5, 0.6) is 0 Å². The number of pyridine rings is 1. The smallest absolute Gasteiger partial charge is 0.267 e. The maximum Gasteiger partial charge on any atom is 0.267 e. The molecule has 0 saturated heterocycles. The number of aromatic nitrogens is 4. The summed E-state index contributed by atoms with van der Waals surface area (Å²) in [5, 5.41) is 18.0. The van der Waals surface area contributed by atoms with Gasteiger partial charge >= 0.3 is 0 Å². The average molecular weight is 327 g/mol. The average Bonchev–Trinajstić information content (AvgIpc) is 3.04. The third-order valence-electron chi connectivity index (χ3n) is 3.93. The fraction of sp³-hybridized carbons (Fsp3) is 0.0526. The summed E-state index contributed by atoms with van der Waals surface area (Å²) in [4.78, 5) is 11.9. The van der Waals surface area contributed by atoms with Gasteiger partial charge < -0.3 is 0 Å². The van der Waals surface area contributed by atoms with Crippen LogP contribution in [0.3, 0.4) is 0 Å². The highest BCUT2D eigenvalue weighted by Crippen LogP contribution is 2.33. The first-order chi connectivity index (χ1) is 12.3. The summed E-state index contributed by atoms with van der Waals surface area (Å²) >= 11 is 0. The second-order valence-corrected chi connectivity index (χ2v) is 5.49. The van der Waals surface area contributed by atoms with Gasteiger partial charge in [-0.1, -0.05) is 36.4 Å². The highest BCUT2D eigenvalue weighted by Gasteiger charge is 2.17. The number of benzene rings is 1. The quantitative estimate of drug-likeness (QED) is 0.580. The van der Waals surface area contributed by atoms with Crippen molar-refractivity contribution in [3.63, 3.8) is 0 Å². The Labute approximate surface area is 143 Å². The first-order valence-electron chi connectivity index (χ1n) is 7.76. The van der Waals surface area contributed by atoms with E-state index >= 15 is 0 Å². The predicted molar refractivity (Wildman–Crippen MR) is 93.7 cm³/mol. The molecule has 0 aliphatic rings. The number of hydrogen-bond acceptors (Lipinski definition) is 4. The first kappa shape index (κ1) is 14.8. The van der Waals surface area contributed by atoms with Crippen LogP contribution in [-0.4, -0.2) is 19.4 Å². The van der Waals surface area contributed by atoms with Gasteiger partial charge in [0.25, 0.3) is 5.56 Å². The molecular weight excluding hydrogens is 314 g/mol. The van der Waals surface area contributed by atoms with Crippen LogP contribution < -0.4 is 5.56 Å². The molecule has 120 valence electrons. The summed E-state index contributed by atoms with van der Waals surface area (Å²) in [5.74, 6) is 0. The van der Waals surface area contributed by atoms with Crippen LogP contribution in [-0.2, 0) is 6.54 Å². The summed E-state index contributed by atoms with van der Waals surface area (Å²) in [5.41, 5.74) is 3.76. The summed E-state index contributed by atoms with van der Waals surface area (Å²) in [6, 6.07) is 20.7. The molecule has 0 atom stereocenters. The molecule has 0 aliphatic heterocycles. The minimum atomic E-state index is -0.303. The second-order valence-electron chi connectivity index (χ2n) is 5.49. The SMILES string of the molecule is N#CCn1nc(-c2c(-c3ccccc3)nn3ccccc23)ccc1=O. The molecule has 0 bridgehead atoms. The lowest BCUT2D eigenvalue weighted by Crippen LogP contribution is -2.21. The number of hydrogen-bond donors (Lipinski definition) is 0. The van der Waals surface area contributed by atoms with Crippen molar-refractivity contribution in [2.75, 3.05) is 0 Å². The lowest BCUT2D eigenvalue weighted by atomic mass is 10.0. The van der Waals surface area contributed by atoms with Crippen LogP contribution in [0.25, 0.3) is 28.0 Å². The van der Waals surface area contributed by atoms with Gasteiger partial charge in [0.05, 0.1) is 22.8 Å². The van der Waals surface area contributed by atoms with E-state index in [1.807, 2.05) is 60.8 Å². The lowest BCUT2D eigenvalue weighted by Gasteiger charge is -2.05. The number of nitrogens with zero attached hydrogens (tertiary/aromatic N) is 5. The molecule has 6 heteroatoms. The van der Waals surface area contributed by atoms with Crippen molar-refractivity contribution in [2.45, 2.75) is 6.54 Å². The van der Waals surface area contributed by atoms with Gasteiger partial charge in [0.2, 0.25) is 0 Å². The van der Waals surface area contributed by atoms with Crippen LogP contribution in [0.15, 0.2) is 71.7 Å². The van der Waals surface area contributed by atoms with Gasteiger partial charge in [-0.2, -0.15) is 15.5 Å². The largest absolute Gasteiger partial charge is 0.268 e. The maximum atomic E-state index is 11.9. The molecule has 4 rings (SSSR count). The Hall–Kier alpha value is -3.72. The van der Waals surface area contributed by atoms with Crippen molar-refractivity contribution in [2.24, 2.45) is 0 Å². The van der Waals surface area contributed by atoms with Crippen LogP contribution in [0.4, 0.5) is 0 Å². The summed E-state index contributed by atoms with van der Waals surface area (Å²) in [7, 11) is 0. The fourth-order valence-electron chi connectivity index (χ4n) is 2.81. The van der Waals surface area contributed by atoms with E-state index in [9.17, 15) is 4.79 Å². The molecule has 0 saturated carbocycles. The molecule has 6 nitrogen and oxygen atoms in total. The topological polar surface area (TPSA) is 76.0 Å². The Morgan fingerprint density at radius 2 is 1.76 bits per heavy atom. The Morgan fingerprint density at radius 3 is 2.56 bits per heavy atom. The minimum Gasteiger partial charge on any atom is -0.268 e. The van der Waals surface area contributed by atoms with Crippen LogP contribution in [0.1, 0.15) is 0 Å². The van der Waals surface area contributed by atoms with E-state index in [-0.39, 0.29) is 12.1 Å². The van der Waals surface area contributed by atoms with Crippen molar-refractivity contribution >= 4 is 5.52 Å². The Balaban J connectivity index is 2.03. The Kier molecular flexibility index (Phi) is 3.60. The molecule has 1 aromatic carbocycles. The molecule has 4 aromatic rings. The van der Waals surface area contributed by atoms with Gasteiger partial charge in [-0.05, 0) is 18.2 Å². The zero-order valence-electron chi connectivity index (χ0n) is 13.2. The molecule has 0 N–H and O–H groups in total. The highest BCUT2D eigenvalue weighted by molar-refractivity contribution is 5.90. The van der Waals surface area contributed by atoms with Gasteiger partial charge in [-0.15, -0.1) is 0 Å². The summed E-state index contributed by atoms with van der Waals surface area (Å²) < 4.78 is 2.95. The van der Waals surface area contributed by atoms with Gasteiger partial charge in [-0.3, -0.25) is 4.79 Å². The van der Waals surface area contributed by atoms with E-state index in [2.05, 4.69) is 10.2 Å². The first-order valence-corrected chi connectivity index (χ1v) is 7.76. The van der Waals surface area contributed by atoms with E-state index in [1.54, 1.807) is 10.6 Å². The van der Waals surface area contributed by atoms with Crippen LogP contribution in [0.2, 0.25) is 0 Å². The van der Waals surface area contributed by atoms with E-state index in [0.29, 0.717) is 5.69 Å². The van der Waals surface area contributed by atoms with E-state index in [1.165, 1.54) is 6.07 Å². The fourth-order valence-corrected chi connectivity index (χ4v) is 2.81. The summed E-state index contributed by atoms with van der Waals surface area (Å²) in [6.45, 7) is -0.0907. The summed E-state index contributed by atoms with van der Waals surface area (Å²) in [6.07, 6.45) is 1.87. The van der Waals surface area contributed by atoms with E-state index < -0.39 is 0 Å². The third kappa shape index (κ3) is 2.58. The molecule has 0 radical (unpaired) electrons. The standard InChI is InChI=1S/C19H13N5O/c20-11-13-24-17(25)10-9-15(21-24)18-16-8-4-5-12-23(16)22-19(18)14-6-2-1-3-7-14/h1-10,12H,13H2. The molecule has 0 aliphatic carbocycles. The van der Waals surface area contributed by atoms with Gasteiger partial charge in [0.1, 0.15) is 12.2 Å². The van der Waals surface area contributed by atoms with Crippen LogP contribution >= 0.6 is 0 Å². The van der Waals surface area contributed by atoms with Gasteiger partial charge in [0.15, 0.2) is 0 Å². The predicted octanol–water partition coefficient (Wildman–Crippen LogP) is 2.75. The third-order valence-corrected chi connectivity index (χ3v) is 3.93. The monoisotopic (exact) mass is 327 g/mol. The van der Waals surface area contributed by atoms with Crippen molar-refractivity contribution in [3.05, 3.63) is 77.2 Å². The maximum absolute atomic E-state index is 11.9. The van der Waals surface area contributed by atoms with E-state index in [0.717, 1.165) is 27.0 Å². The van der Waals surface area contributed by atoms with Crippen molar-refractivity contribution in [1.29, 1.82) is 5.26 Å². The molecule has 0 unspecified atom stereocenters. The van der Waals surface area contributed by atoms with Crippen molar-refractivity contribution in [1.82, 2.24) is 19.4 Å². The van der Waals surface area contributed by atoms with Crippen LogP contribution in [0, 0.1) is 11.3 Å². The normalized spacial score (nSPS) is 10.7. The van der Waals surface area contributed by atoms with Gasteiger partial charge in [0, 0.05) is 17.8 Å². The number of nitriles is 1. The zero-order chi connectivity index (χ0) is 17.2. The van der Waals surface area contributed by atoms with Crippen molar-refractivity contribution in [3.8, 4) is 28.6 Å². The lowest BCUT2D eigenvalue weighted by molar-refractivity contribution is 0.662. The molecule has 0 fully saturated rings. The second kappa shape index (κ2) is 6.06. The molecule has 0 amide bonds. The molecule has 3 aromatic heterocycles. The number of fused-ring (bicyclic) bond motifs is 1. The highest BCUT2D eigenvalue weighted by atomic mass is 16.1.